The van der Waals surface area contributed by atoms with Crippen LogP contribution in [0.5, 0.6) is 0 Å². The average molecular weight is 307 g/mol. The molecule has 2 heterocycles. The normalized spacial score (nSPS) is 36.6. The van der Waals surface area contributed by atoms with Crippen molar-refractivity contribution in [3.05, 3.63) is 0 Å². The lowest BCUT2D eigenvalue weighted by atomic mass is 9.97. The highest BCUT2D eigenvalue weighted by atomic mass is 32.2. The molecule has 112 valence electrons. The number of hydrogen-bond donors (Lipinski definition) is 1. The van der Waals surface area contributed by atoms with Crippen molar-refractivity contribution in [2.75, 3.05) is 13.2 Å². The Labute approximate surface area is 121 Å². The maximum absolute atomic E-state index is 13.0. The van der Waals surface area contributed by atoms with Crippen LogP contribution in [-0.2, 0) is 9.05 Å². The molecule has 0 aromatic heterocycles. The predicted molar refractivity (Wildman–Crippen MR) is 79.8 cm³/mol. The average Bonchev–Trinajstić information content (AvgIpc) is 2.60. The quantitative estimate of drug-likeness (QED) is 0.795. The lowest BCUT2D eigenvalue weighted by molar-refractivity contribution is -0.237. The first kappa shape index (κ1) is 16.0. The van der Waals surface area contributed by atoms with Crippen molar-refractivity contribution < 1.29 is 13.9 Å². The third-order valence-corrected chi connectivity index (χ3v) is 7.61. The second-order valence-corrected chi connectivity index (χ2v) is 11.1. The minimum absolute atomic E-state index is 0.0531. The van der Waals surface area contributed by atoms with E-state index < -0.39 is 7.94 Å². The van der Waals surface area contributed by atoms with E-state index in [1.807, 2.05) is 11.8 Å². The molecule has 2 atom stereocenters. The topological polar surface area (TPSA) is 53.5 Å². The molecule has 6 heteroatoms. The smallest absolute Gasteiger partial charge is 0.256 e. The molecule has 0 aromatic carbocycles. The van der Waals surface area contributed by atoms with E-state index in [1.165, 1.54) is 0 Å². The van der Waals surface area contributed by atoms with Crippen molar-refractivity contribution in [3.63, 3.8) is 0 Å². The molecule has 2 aliphatic heterocycles. The Bertz CT molecular complexity index is 339. The maximum atomic E-state index is 13.0. The largest absolute Gasteiger partial charge is 0.630 e. The van der Waals surface area contributed by atoms with Gasteiger partial charge in [0.25, 0.3) is 7.94 Å². The van der Waals surface area contributed by atoms with Gasteiger partial charge in [0.15, 0.2) is 5.78 Å². The Morgan fingerprint density at radius 1 is 1.21 bits per heavy atom. The molecule has 2 rings (SSSR count). The van der Waals surface area contributed by atoms with E-state index in [4.69, 9.17) is 9.05 Å². The highest BCUT2D eigenvalue weighted by Crippen LogP contribution is 2.65. The van der Waals surface area contributed by atoms with Gasteiger partial charge in [-0.1, -0.05) is 27.7 Å². The molecule has 0 spiro atoms. The Morgan fingerprint density at radius 2 is 1.74 bits per heavy atom. The molecule has 0 aliphatic carbocycles. The second-order valence-electron chi connectivity index (χ2n) is 7.18. The molecular weight excluding hydrogens is 281 g/mol. The number of thioether (sulfide) groups is 1. The van der Waals surface area contributed by atoms with Crippen LogP contribution in [0, 0.1) is 11.3 Å². The highest BCUT2D eigenvalue weighted by Gasteiger charge is 2.57. The lowest BCUT2D eigenvalue weighted by Gasteiger charge is -2.42. The maximum Gasteiger partial charge on any atom is 0.256 e. The zero-order chi connectivity index (χ0) is 14.5. The van der Waals surface area contributed by atoms with E-state index in [9.17, 15) is 4.89 Å². The summed E-state index contributed by atoms with van der Waals surface area (Å²) in [6, 6.07) is 0. The fraction of sp³-hybridized carbons (Fsp3) is 1.00. The molecule has 2 saturated heterocycles. The van der Waals surface area contributed by atoms with Gasteiger partial charge in [-0.15, -0.1) is 11.8 Å². The molecule has 0 unspecified atom stereocenters. The molecule has 0 saturated carbocycles. The summed E-state index contributed by atoms with van der Waals surface area (Å²) < 4.78 is 11.4. The molecule has 1 N–H and O–H groups in total. The van der Waals surface area contributed by atoms with Crippen LogP contribution in [0.3, 0.4) is 0 Å². The van der Waals surface area contributed by atoms with Gasteiger partial charge in [0.1, 0.15) is 13.2 Å². The van der Waals surface area contributed by atoms with Crippen LogP contribution >= 0.6 is 19.7 Å². The molecule has 0 amide bonds. The molecule has 2 fully saturated rings. The van der Waals surface area contributed by atoms with Crippen molar-refractivity contribution in [1.82, 2.24) is 5.32 Å². The van der Waals surface area contributed by atoms with Crippen LogP contribution < -0.4 is 10.2 Å². The van der Waals surface area contributed by atoms with Gasteiger partial charge in [0.2, 0.25) is 0 Å². The van der Waals surface area contributed by atoms with Gasteiger partial charge in [0, 0.05) is 5.41 Å². The summed E-state index contributed by atoms with van der Waals surface area (Å²) >= 11 is 1.83. The lowest BCUT2D eigenvalue weighted by Crippen LogP contribution is -2.48. The monoisotopic (exact) mass is 307 g/mol. The van der Waals surface area contributed by atoms with Gasteiger partial charge in [-0.05, 0) is 19.8 Å². The third-order valence-electron chi connectivity index (χ3n) is 3.51. The van der Waals surface area contributed by atoms with Gasteiger partial charge in [0.05, 0.1) is 10.1 Å². The summed E-state index contributed by atoms with van der Waals surface area (Å²) in [5.74, 6) is 0.223. The van der Waals surface area contributed by atoms with Gasteiger partial charge in [-0.25, -0.2) is 9.05 Å². The molecule has 4 nitrogen and oxygen atoms in total. The SMILES string of the molecule is CC(C)[C@@H]1SC(C)(C)N[C@@H]1[P+]1([O-])OCC(C)(C)CO1. The van der Waals surface area contributed by atoms with Crippen LogP contribution in [0.15, 0.2) is 0 Å². The van der Waals surface area contributed by atoms with Crippen LogP contribution in [0.1, 0.15) is 41.5 Å². The van der Waals surface area contributed by atoms with E-state index in [0.29, 0.717) is 19.1 Å². The number of rotatable bonds is 2. The Balaban J connectivity index is 2.15. The van der Waals surface area contributed by atoms with Crippen molar-refractivity contribution in [3.8, 4) is 0 Å². The van der Waals surface area contributed by atoms with Crippen LogP contribution in [0.4, 0.5) is 0 Å². The van der Waals surface area contributed by atoms with Crippen LogP contribution in [0.2, 0.25) is 0 Å². The van der Waals surface area contributed by atoms with Crippen LogP contribution in [-0.4, -0.2) is 29.1 Å². The van der Waals surface area contributed by atoms with Gasteiger partial charge in [-0.3, -0.25) is 5.32 Å². The molecule has 2 aliphatic rings. The van der Waals surface area contributed by atoms with E-state index >= 15 is 0 Å². The van der Waals surface area contributed by atoms with Crippen LogP contribution in [0.25, 0.3) is 0 Å². The number of nitrogens with one attached hydrogen (secondary N) is 1. The third kappa shape index (κ3) is 3.45. The van der Waals surface area contributed by atoms with Gasteiger partial charge >= 0.3 is 0 Å². The minimum Gasteiger partial charge on any atom is -0.630 e. The van der Waals surface area contributed by atoms with Crippen molar-refractivity contribution >= 4 is 19.7 Å². The Morgan fingerprint density at radius 3 is 2.21 bits per heavy atom. The predicted octanol–water partition coefficient (Wildman–Crippen LogP) is 2.61. The summed E-state index contributed by atoms with van der Waals surface area (Å²) in [6.07, 6.45) is 0. The van der Waals surface area contributed by atoms with Crippen molar-refractivity contribution in [1.29, 1.82) is 0 Å². The minimum atomic E-state index is -3.06. The Hall–Kier alpha value is 0.620. The summed E-state index contributed by atoms with van der Waals surface area (Å²) in [6.45, 7) is 13.7. The van der Waals surface area contributed by atoms with E-state index in [0.717, 1.165) is 0 Å². The zero-order valence-electron chi connectivity index (χ0n) is 12.7. The van der Waals surface area contributed by atoms with Crippen molar-refractivity contribution in [2.45, 2.75) is 57.4 Å². The second kappa shape index (κ2) is 5.11. The molecule has 0 aromatic rings. The van der Waals surface area contributed by atoms with E-state index in [1.54, 1.807) is 0 Å². The summed E-state index contributed by atoms with van der Waals surface area (Å²) in [5, 5.41) is 3.70. The standard InChI is InChI=1S/C13H26NO3PS/c1-9(2)10-11(14-13(5,6)19-10)18(15)16-7-12(3,4)8-17-18/h9-11,14H,7-8H2,1-6H3/t10-,11+/m0/s1. The molecular formula is C13H26NO3PS. The zero-order valence-corrected chi connectivity index (χ0v) is 14.4. The highest BCUT2D eigenvalue weighted by molar-refractivity contribution is 8.01. The van der Waals surface area contributed by atoms with E-state index in [2.05, 4.69) is 46.9 Å². The van der Waals surface area contributed by atoms with Gasteiger partial charge in [-0.2, -0.15) is 0 Å². The van der Waals surface area contributed by atoms with Gasteiger partial charge < -0.3 is 4.89 Å². The Kier molecular flexibility index (Phi) is 4.31. The molecule has 0 radical (unpaired) electrons. The van der Waals surface area contributed by atoms with E-state index in [-0.39, 0.29) is 21.3 Å². The molecule has 0 bridgehead atoms. The number of hydrogen-bond acceptors (Lipinski definition) is 5. The summed E-state index contributed by atoms with van der Waals surface area (Å²) in [5.41, 5.74) is -0.0531. The fourth-order valence-corrected chi connectivity index (χ4v) is 7.11. The van der Waals surface area contributed by atoms with Crippen molar-refractivity contribution in [2.24, 2.45) is 11.3 Å². The first-order valence-electron chi connectivity index (χ1n) is 6.89. The summed E-state index contributed by atoms with van der Waals surface area (Å²) in [4.78, 5) is 12.9. The summed E-state index contributed by atoms with van der Waals surface area (Å²) in [7, 11) is -3.06. The fourth-order valence-electron chi connectivity index (χ4n) is 2.41. The molecule has 19 heavy (non-hydrogen) atoms. The first-order chi connectivity index (χ1) is 8.55. The first-order valence-corrected chi connectivity index (χ1v) is 9.38.